The van der Waals surface area contributed by atoms with Crippen LogP contribution in [0.25, 0.3) is 0 Å². The number of hydrogen-bond acceptors (Lipinski definition) is 3. The molecule has 0 unspecified atom stereocenters. The number of nitrogens with zero attached hydrogens (tertiary/aromatic N) is 1. The number of carbonyl (C=O) groups is 1. The molecule has 1 aromatic heterocycles. The minimum absolute atomic E-state index is 0.474. The molecular weight excluding hydrogens is 340 g/mol. The molecule has 0 bridgehead atoms. The third kappa shape index (κ3) is 2.69. The molecule has 2 rings (SSSR count). The molecule has 6 nitrogen and oxygen atoms in total. The van der Waals surface area contributed by atoms with Gasteiger partial charge in [-0.1, -0.05) is 28.1 Å². The number of hydrogen-bond donors (Lipinski definition) is 2. The summed E-state index contributed by atoms with van der Waals surface area (Å²) in [7, 11) is 0. The van der Waals surface area contributed by atoms with Gasteiger partial charge >= 0.3 is 11.7 Å². The van der Waals surface area contributed by atoms with Gasteiger partial charge in [-0.05, 0) is 31.5 Å². The van der Waals surface area contributed by atoms with Crippen LogP contribution in [0.3, 0.4) is 0 Å². The Labute approximate surface area is 128 Å². The number of carboxylic acids is 1. The van der Waals surface area contributed by atoms with E-state index < -0.39 is 28.3 Å². The molecule has 0 aliphatic carbocycles. The van der Waals surface area contributed by atoms with Gasteiger partial charge in [0.2, 0.25) is 0 Å². The number of halogens is 1. The lowest BCUT2D eigenvalue weighted by molar-refractivity contribution is 0.0693. The SMILES string of the molecule is CC(C)(c1cccc(Br)c1)n1c(=O)[nH]cc(C(=O)O)c1=O. The lowest BCUT2D eigenvalue weighted by Crippen LogP contribution is -2.48. The molecular formula is C14H13BrN2O4. The zero-order valence-corrected chi connectivity index (χ0v) is 13.0. The molecule has 0 aliphatic heterocycles. The van der Waals surface area contributed by atoms with E-state index >= 15 is 0 Å². The molecule has 0 saturated heterocycles. The molecule has 0 aliphatic rings. The molecule has 0 atom stereocenters. The first kappa shape index (κ1) is 15.2. The van der Waals surface area contributed by atoms with Gasteiger partial charge in [-0.25, -0.2) is 14.2 Å². The van der Waals surface area contributed by atoms with E-state index in [1.807, 2.05) is 6.07 Å². The zero-order chi connectivity index (χ0) is 15.8. The van der Waals surface area contributed by atoms with E-state index in [2.05, 4.69) is 20.9 Å². The Morgan fingerprint density at radius 2 is 2.00 bits per heavy atom. The van der Waals surface area contributed by atoms with Crippen LogP contribution in [0.1, 0.15) is 29.8 Å². The highest BCUT2D eigenvalue weighted by Crippen LogP contribution is 2.25. The second-order valence-corrected chi connectivity index (χ2v) is 5.94. The first-order valence-electron chi connectivity index (χ1n) is 6.09. The van der Waals surface area contributed by atoms with Gasteiger partial charge in [0.05, 0.1) is 5.54 Å². The second-order valence-electron chi connectivity index (χ2n) is 5.02. The number of rotatable bonds is 3. The molecule has 2 N–H and O–H groups in total. The van der Waals surface area contributed by atoms with Crippen LogP contribution in [-0.4, -0.2) is 20.6 Å². The molecule has 1 aromatic carbocycles. The number of aromatic nitrogens is 2. The van der Waals surface area contributed by atoms with Crippen molar-refractivity contribution in [3.8, 4) is 0 Å². The Bertz CT molecular complexity index is 820. The van der Waals surface area contributed by atoms with Crippen molar-refractivity contribution in [3.05, 3.63) is 66.9 Å². The van der Waals surface area contributed by atoms with Crippen molar-refractivity contribution in [2.45, 2.75) is 19.4 Å². The van der Waals surface area contributed by atoms with Crippen LogP contribution in [0.4, 0.5) is 0 Å². The fourth-order valence-corrected chi connectivity index (χ4v) is 2.53. The minimum Gasteiger partial charge on any atom is -0.477 e. The van der Waals surface area contributed by atoms with Gasteiger partial charge in [0.25, 0.3) is 5.56 Å². The van der Waals surface area contributed by atoms with Crippen molar-refractivity contribution in [1.29, 1.82) is 0 Å². The average Bonchev–Trinajstić information content (AvgIpc) is 2.38. The van der Waals surface area contributed by atoms with E-state index in [9.17, 15) is 14.4 Å². The van der Waals surface area contributed by atoms with Crippen LogP contribution in [0.5, 0.6) is 0 Å². The summed E-state index contributed by atoms with van der Waals surface area (Å²) in [6, 6.07) is 7.14. The van der Waals surface area contributed by atoms with Crippen molar-refractivity contribution in [3.63, 3.8) is 0 Å². The zero-order valence-electron chi connectivity index (χ0n) is 11.4. The third-order valence-corrected chi connectivity index (χ3v) is 3.79. The molecule has 7 heteroatoms. The predicted molar refractivity (Wildman–Crippen MR) is 80.8 cm³/mol. The summed E-state index contributed by atoms with van der Waals surface area (Å²) < 4.78 is 1.71. The van der Waals surface area contributed by atoms with E-state index in [4.69, 9.17) is 5.11 Å². The third-order valence-electron chi connectivity index (χ3n) is 3.30. The Hall–Kier alpha value is -2.15. The largest absolute Gasteiger partial charge is 0.477 e. The fraction of sp³-hybridized carbons (Fsp3) is 0.214. The van der Waals surface area contributed by atoms with Crippen LogP contribution in [0, 0.1) is 0 Å². The van der Waals surface area contributed by atoms with Crippen LogP contribution >= 0.6 is 15.9 Å². The first-order valence-corrected chi connectivity index (χ1v) is 6.89. The highest BCUT2D eigenvalue weighted by molar-refractivity contribution is 9.10. The van der Waals surface area contributed by atoms with Crippen LogP contribution in [0.2, 0.25) is 0 Å². The molecule has 0 amide bonds. The Balaban J connectivity index is 2.76. The summed E-state index contributed by atoms with van der Waals surface area (Å²) in [6.07, 6.45) is 0.917. The second kappa shape index (κ2) is 5.33. The summed E-state index contributed by atoms with van der Waals surface area (Å²) >= 11 is 3.33. The van der Waals surface area contributed by atoms with Gasteiger partial charge < -0.3 is 10.1 Å². The number of aromatic carboxylic acids is 1. The minimum atomic E-state index is -1.38. The molecule has 2 aromatic rings. The van der Waals surface area contributed by atoms with Crippen molar-refractivity contribution in [2.75, 3.05) is 0 Å². The molecule has 0 fully saturated rings. The normalized spacial score (nSPS) is 11.4. The first-order chi connectivity index (χ1) is 9.75. The van der Waals surface area contributed by atoms with Crippen LogP contribution < -0.4 is 11.2 Å². The Morgan fingerprint density at radius 3 is 2.57 bits per heavy atom. The maximum Gasteiger partial charge on any atom is 0.342 e. The van der Waals surface area contributed by atoms with Gasteiger partial charge in [0.15, 0.2) is 0 Å². The smallest absolute Gasteiger partial charge is 0.342 e. The van der Waals surface area contributed by atoms with Gasteiger partial charge in [-0.15, -0.1) is 0 Å². The lowest BCUT2D eigenvalue weighted by atomic mass is 9.94. The summed E-state index contributed by atoms with van der Waals surface area (Å²) in [5.74, 6) is -1.38. The van der Waals surface area contributed by atoms with Gasteiger partial charge in [0, 0.05) is 10.7 Å². The molecule has 0 spiro atoms. The molecule has 21 heavy (non-hydrogen) atoms. The monoisotopic (exact) mass is 352 g/mol. The van der Waals surface area contributed by atoms with Crippen molar-refractivity contribution < 1.29 is 9.90 Å². The maximum atomic E-state index is 12.3. The number of H-pyrrole nitrogens is 1. The van der Waals surface area contributed by atoms with Crippen molar-refractivity contribution >= 4 is 21.9 Å². The number of aromatic amines is 1. The number of benzene rings is 1. The average molecular weight is 353 g/mol. The highest BCUT2D eigenvalue weighted by atomic mass is 79.9. The molecule has 0 saturated carbocycles. The fourth-order valence-electron chi connectivity index (χ4n) is 2.13. The lowest BCUT2D eigenvalue weighted by Gasteiger charge is -2.27. The van der Waals surface area contributed by atoms with E-state index in [1.54, 1.807) is 32.0 Å². The molecule has 1 heterocycles. The van der Waals surface area contributed by atoms with E-state index in [1.165, 1.54) is 0 Å². The standard InChI is InChI=1S/C14H13BrN2O4/c1-14(2,8-4-3-5-9(15)6-8)17-11(18)10(12(19)20)7-16-13(17)21/h3-7H,1-2H3,(H,16,21)(H,19,20). The predicted octanol–water partition coefficient (Wildman–Crippen LogP) is 1.78. The van der Waals surface area contributed by atoms with E-state index in [0.717, 1.165) is 15.2 Å². The van der Waals surface area contributed by atoms with Gasteiger partial charge in [-0.3, -0.25) is 4.79 Å². The summed E-state index contributed by atoms with van der Waals surface area (Å²) in [5.41, 5.74) is -2.27. The topological polar surface area (TPSA) is 92.2 Å². The summed E-state index contributed by atoms with van der Waals surface area (Å²) in [6.45, 7) is 3.36. The van der Waals surface area contributed by atoms with Crippen molar-refractivity contribution in [1.82, 2.24) is 9.55 Å². The summed E-state index contributed by atoms with van der Waals surface area (Å²) in [5, 5.41) is 9.02. The Kier molecular flexibility index (Phi) is 3.87. The molecule has 110 valence electrons. The number of nitrogens with one attached hydrogen (secondary N) is 1. The quantitative estimate of drug-likeness (QED) is 0.880. The maximum absolute atomic E-state index is 12.3. The van der Waals surface area contributed by atoms with Gasteiger partial charge in [0.1, 0.15) is 5.56 Å². The summed E-state index contributed by atoms with van der Waals surface area (Å²) in [4.78, 5) is 37.7. The van der Waals surface area contributed by atoms with Crippen LogP contribution in [-0.2, 0) is 5.54 Å². The number of carboxylic acid groups (broad SMARTS) is 1. The molecule has 0 radical (unpaired) electrons. The highest BCUT2D eigenvalue weighted by Gasteiger charge is 2.28. The van der Waals surface area contributed by atoms with Gasteiger partial charge in [-0.2, -0.15) is 0 Å². The van der Waals surface area contributed by atoms with Crippen LogP contribution in [0.15, 0.2) is 44.5 Å². The van der Waals surface area contributed by atoms with Crippen molar-refractivity contribution in [2.24, 2.45) is 0 Å². The van der Waals surface area contributed by atoms with E-state index in [-0.39, 0.29) is 0 Å². The Morgan fingerprint density at radius 1 is 1.33 bits per heavy atom. The van der Waals surface area contributed by atoms with E-state index in [0.29, 0.717) is 5.56 Å².